The minimum Gasteiger partial charge on any atom is -0.330 e. The van der Waals surface area contributed by atoms with Gasteiger partial charge in [0.2, 0.25) is 0 Å². The van der Waals surface area contributed by atoms with Crippen molar-refractivity contribution in [1.29, 1.82) is 0 Å². The zero-order valence-corrected chi connectivity index (χ0v) is 12.4. The number of hydrogen-bond donors (Lipinski definition) is 1. The largest absolute Gasteiger partial charge is 0.330 e. The van der Waals surface area contributed by atoms with E-state index in [-0.39, 0.29) is 11.9 Å². The van der Waals surface area contributed by atoms with Crippen LogP contribution in [0.3, 0.4) is 0 Å². The molecule has 0 saturated heterocycles. The van der Waals surface area contributed by atoms with Crippen LogP contribution in [-0.2, 0) is 13.0 Å². The number of rotatable bonds is 5. The maximum atomic E-state index is 13.3. The molecule has 102 valence electrons. The van der Waals surface area contributed by atoms with Crippen LogP contribution in [0.15, 0.2) is 35.1 Å². The lowest BCUT2D eigenvalue weighted by Gasteiger charge is -2.11. The highest BCUT2D eigenvalue weighted by atomic mass is 79.9. The van der Waals surface area contributed by atoms with Crippen molar-refractivity contribution in [3.63, 3.8) is 0 Å². The fourth-order valence-electron chi connectivity index (χ4n) is 1.95. The third kappa shape index (κ3) is 3.88. The molecule has 0 amide bonds. The highest BCUT2D eigenvalue weighted by Gasteiger charge is 2.08. The Bertz CT molecular complexity index is 533. The predicted molar refractivity (Wildman–Crippen MR) is 77.4 cm³/mol. The fourth-order valence-corrected chi connectivity index (χ4v) is 2.46. The number of halogens is 2. The molecule has 1 unspecified atom stereocenters. The zero-order valence-electron chi connectivity index (χ0n) is 10.8. The van der Waals surface area contributed by atoms with E-state index in [0.29, 0.717) is 6.54 Å². The minimum absolute atomic E-state index is 0.111. The zero-order chi connectivity index (χ0) is 13.8. The van der Waals surface area contributed by atoms with Crippen LogP contribution < -0.4 is 5.73 Å². The molecule has 0 aliphatic rings. The van der Waals surface area contributed by atoms with Crippen LogP contribution in [0.5, 0.6) is 0 Å². The lowest BCUT2D eigenvalue weighted by atomic mass is 10.1. The molecule has 0 radical (unpaired) electrons. The van der Waals surface area contributed by atoms with Gasteiger partial charge < -0.3 is 10.3 Å². The molecule has 5 heteroatoms. The first-order valence-electron chi connectivity index (χ1n) is 6.29. The van der Waals surface area contributed by atoms with E-state index in [9.17, 15) is 4.39 Å². The highest BCUT2D eigenvalue weighted by Crippen LogP contribution is 2.16. The summed E-state index contributed by atoms with van der Waals surface area (Å²) in [5.41, 5.74) is 6.85. The lowest BCUT2D eigenvalue weighted by Crippen LogP contribution is -2.23. The van der Waals surface area contributed by atoms with Crippen LogP contribution in [0.4, 0.5) is 4.39 Å². The molecule has 1 heterocycles. The second-order valence-corrected chi connectivity index (χ2v) is 5.54. The molecule has 3 nitrogen and oxygen atoms in total. The van der Waals surface area contributed by atoms with Gasteiger partial charge in [0.25, 0.3) is 0 Å². The Hall–Kier alpha value is -1.20. The van der Waals surface area contributed by atoms with E-state index in [2.05, 4.69) is 27.8 Å². The first kappa shape index (κ1) is 14.2. The molecule has 0 spiro atoms. The number of nitrogens with zero attached hydrogens (tertiary/aromatic N) is 2. The van der Waals surface area contributed by atoms with Crippen LogP contribution in [0, 0.1) is 5.82 Å². The van der Waals surface area contributed by atoms with Crippen molar-refractivity contribution in [3.8, 4) is 0 Å². The summed E-state index contributed by atoms with van der Waals surface area (Å²) in [5, 5.41) is 0. The molecule has 0 aliphatic heterocycles. The van der Waals surface area contributed by atoms with Gasteiger partial charge in [-0.15, -0.1) is 0 Å². The van der Waals surface area contributed by atoms with Crippen molar-refractivity contribution in [2.24, 2.45) is 5.73 Å². The van der Waals surface area contributed by atoms with Gasteiger partial charge in [0.15, 0.2) is 0 Å². The van der Waals surface area contributed by atoms with Crippen molar-refractivity contribution in [3.05, 3.63) is 52.3 Å². The predicted octanol–water partition coefficient (Wildman–Crippen LogP) is 3.11. The van der Waals surface area contributed by atoms with Gasteiger partial charge in [-0.25, -0.2) is 9.37 Å². The van der Waals surface area contributed by atoms with Crippen LogP contribution in [0.2, 0.25) is 0 Å². The number of aromatic nitrogens is 2. The number of imidazole rings is 1. The first-order valence-corrected chi connectivity index (χ1v) is 7.08. The molecule has 1 atom stereocenters. The third-order valence-electron chi connectivity index (χ3n) is 3.05. The summed E-state index contributed by atoms with van der Waals surface area (Å²) in [6.07, 6.45) is 5.31. The molecule has 2 aromatic rings. The summed E-state index contributed by atoms with van der Waals surface area (Å²) in [4.78, 5) is 4.32. The number of hydrogen-bond acceptors (Lipinski definition) is 2. The van der Waals surface area contributed by atoms with Gasteiger partial charge in [-0.3, -0.25) is 0 Å². The summed E-state index contributed by atoms with van der Waals surface area (Å²) in [5.74, 6) is 0.700. The Balaban J connectivity index is 2.17. The van der Waals surface area contributed by atoms with Crippen molar-refractivity contribution < 1.29 is 4.39 Å². The molecule has 0 aliphatic carbocycles. The van der Waals surface area contributed by atoms with Crippen LogP contribution in [0.25, 0.3) is 0 Å². The fraction of sp³-hybridized carbons (Fsp3) is 0.357. The van der Waals surface area contributed by atoms with Gasteiger partial charge >= 0.3 is 0 Å². The summed E-state index contributed by atoms with van der Waals surface area (Å²) in [6, 6.07) is 5.01. The van der Waals surface area contributed by atoms with E-state index in [1.807, 2.05) is 16.8 Å². The van der Waals surface area contributed by atoms with E-state index in [1.54, 1.807) is 6.20 Å². The SMILES string of the molecule is CCC(N)Cc1nccn1Cc1cc(F)cc(Br)c1. The summed E-state index contributed by atoms with van der Waals surface area (Å²) in [6.45, 7) is 2.66. The smallest absolute Gasteiger partial charge is 0.124 e. The second kappa shape index (κ2) is 6.30. The van der Waals surface area contributed by atoms with Crippen molar-refractivity contribution in [2.45, 2.75) is 32.4 Å². The molecule has 19 heavy (non-hydrogen) atoms. The summed E-state index contributed by atoms with van der Waals surface area (Å²) >= 11 is 3.30. The van der Waals surface area contributed by atoms with Gasteiger partial charge in [0.05, 0.1) is 0 Å². The van der Waals surface area contributed by atoms with Crippen molar-refractivity contribution >= 4 is 15.9 Å². The van der Waals surface area contributed by atoms with Gasteiger partial charge in [0.1, 0.15) is 11.6 Å². The van der Waals surface area contributed by atoms with E-state index in [0.717, 1.165) is 28.7 Å². The molecule has 1 aromatic carbocycles. The average Bonchev–Trinajstić information content (AvgIpc) is 2.75. The molecule has 0 fully saturated rings. The molecule has 0 saturated carbocycles. The Morgan fingerprint density at radius 3 is 2.89 bits per heavy atom. The molecular formula is C14H17BrFN3. The Morgan fingerprint density at radius 2 is 2.21 bits per heavy atom. The van der Waals surface area contributed by atoms with E-state index in [4.69, 9.17) is 5.73 Å². The van der Waals surface area contributed by atoms with Crippen molar-refractivity contribution in [1.82, 2.24) is 9.55 Å². The average molecular weight is 326 g/mol. The quantitative estimate of drug-likeness (QED) is 0.917. The Kier molecular flexibility index (Phi) is 4.71. The van der Waals surface area contributed by atoms with Crippen LogP contribution >= 0.6 is 15.9 Å². The maximum absolute atomic E-state index is 13.3. The molecule has 1 aromatic heterocycles. The monoisotopic (exact) mass is 325 g/mol. The van der Waals surface area contributed by atoms with Crippen molar-refractivity contribution in [2.75, 3.05) is 0 Å². The molecule has 0 bridgehead atoms. The molecule has 2 N–H and O–H groups in total. The van der Waals surface area contributed by atoms with E-state index >= 15 is 0 Å². The van der Waals surface area contributed by atoms with Gasteiger partial charge in [0, 0.05) is 35.9 Å². The highest BCUT2D eigenvalue weighted by molar-refractivity contribution is 9.10. The summed E-state index contributed by atoms with van der Waals surface area (Å²) in [7, 11) is 0. The van der Waals surface area contributed by atoms with Crippen LogP contribution in [0.1, 0.15) is 24.7 Å². The number of nitrogens with two attached hydrogens (primary N) is 1. The number of benzene rings is 1. The van der Waals surface area contributed by atoms with E-state index in [1.165, 1.54) is 12.1 Å². The third-order valence-corrected chi connectivity index (χ3v) is 3.50. The normalized spacial score (nSPS) is 12.6. The second-order valence-electron chi connectivity index (χ2n) is 4.62. The lowest BCUT2D eigenvalue weighted by molar-refractivity contribution is 0.593. The molecular weight excluding hydrogens is 309 g/mol. The summed E-state index contributed by atoms with van der Waals surface area (Å²) < 4.78 is 16.1. The van der Waals surface area contributed by atoms with Gasteiger partial charge in [-0.05, 0) is 30.2 Å². The van der Waals surface area contributed by atoms with E-state index < -0.39 is 0 Å². The van der Waals surface area contributed by atoms with Gasteiger partial charge in [-0.1, -0.05) is 22.9 Å². The maximum Gasteiger partial charge on any atom is 0.124 e. The first-order chi connectivity index (χ1) is 9.08. The standard InChI is InChI=1S/C14H17BrFN3/c1-2-13(17)8-14-18-3-4-19(14)9-10-5-11(15)7-12(16)6-10/h3-7,13H,2,8-9,17H2,1H3. The topological polar surface area (TPSA) is 43.8 Å². The Labute approximate surface area is 120 Å². The van der Waals surface area contributed by atoms with Gasteiger partial charge in [-0.2, -0.15) is 0 Å². The Morgan fingerprint density at radius 1 is 1.42 bits per heavy atom. The minimum atomic E-state index is -0.240. The molecule has 2 rings (SSSR count). The van der Waals surface area contributed by atoms with Crippen LogP contribution in [-0.4, -0.2) is 15.6 Å².